The second kappa shape index (κ2) is 3.08. The summed E-state index contributed by atoms with van der Waals surface area (Å²) in [7, 11) is 1.59. The standard InChI is InChI=1S/C11H13NO2/c1-8-5-9(6-10(12-8)14-2)11(7-13)3-4-11/h5-7H,3-4H2,1-2H3. The van der Waals surface area contributed by atoms with E-state index in [0.717, 1.165) is 30.4 Å². The molecule has 0 amide bonds. The molecule has 0 aliphatic heterocycles. The first-order valence-electron chi connectivity index (χ1n) is 4.70. The normalized spacial score (nSPS) is 17.6. The van der Waals surface area contributed by atoms with Gasteiger partial charge in [0, 0.05) is 11.8 Å². The van der Waals surface area contributed by atoms with E-state index in [9.17, 15) is 4.79 Å². The molecule has 1 fully saturated rings. The number of aryl methyl sites for hydroxylation is 1. The van der Waals surface area contributed by atoms with E-state index in [1.165, 1.54) is 0 Å². The van der Waals surface area contributed by atoms with Crippen molar-refractivity contribution in [3.8, 4) is 5.88 Å². The van der Waals surface area contributed by atoms with Crippen molar-refractivity contribution in [2.24, 2.45) is 0 Å². The fourth-order valence-electron chi connectivity index (χ4n) is 1.64. The van der Waals surface area contributed by atoms with Crippen LogP contribution in [-0.2, 0) is 10.2 Å². The smallest absolute Gasteiger partial charge is 0.213 e. The number of rotatable bonds is 3. The largest absolute Gasteiger partial charge is 0.481 e. The van der Waals surface area contributed by atoms with Crippen molar-refractivity contribution in [3.63, 3.8) is 0 Å². The van der Waals surface area contributed by atoms with E-state index in [2.05, 4.69) is 4.98 Å². The molecule has 2 rings (SSSR count). The molecule has 0 atom stereocenters. The van der Waals surface area contributed by atoms with Crippen molar-refractivity contribution in [1.82, 2.24) is 4.98 Å². The van der Waals surface area contributed by atoms with Crippen LogP contribution < -0.4 is 4.74 Å². The highest BCUT2D eigenvalue weighted by molar-refractivity contribution is 5.73. The average molecular weight is 191 g/mol. The van der Waals surface area contributed by atoms with Crippen LogP contribution >= 0.6 is 0 Å². The quantitative estimate of drug-likeness (QED) is 0.681. The molecular formula is C11H13NO2. The molecule has 14 heavy (non-hydrogen) atoms. The summed E-state index contributed by atoms with van der Waals surface area (Å²) in [6.45, 7) is 1.91. The van der Waals surface area contributed by atoms with Crippen LogP contribution in [0, 0.1) is 6.92 Å². The van der Waals surface area contributed by atoms with Gasteiger partial charge in [-0.3, -0.25) is 0 Å². The van der Waals surface area contributed by atoms with Gasteiger partial charge in [0.25, 0.3) is 0 Å². The molecule has 0 spiro atoms. The average Bonchev–Trinajstić information content (AvgIpc) is 2.97. The van der Waals surface area contributed by atoms with Crippen LogP contribution in [0.4, 0.5) is 0 Å². The van der Waals surface area contributed by atoms with Crippen LogP contribution in [-0.4, -0.2) is 18.4 Å². The lowest BCUT2D eigenvalue weighted by atomic mass is 9.98. The van der Waals surface area contributed by atoms with Gasteiger partial charge in [-0.05, 0) is 31.4 Å². The summed E-state index contributed by atoms with van der Waals surface area (Å²) in [5, 5.41) is 0. The fraction of sp³-hybridized carbons (Fsp3) is 0.455. The summed E-state index contributed by atoms with van der Waals surface area (Å²) < 4.78 is 5.08. The zero-order chi connectivity index (χ0) is 10.2. The number of aromatic nitrogens is 1. The highest BCUT2D eigenvalue weighted by Gasteiger charge is 2.44. The Labute approximate surface area is 83.1 Å². The topological polar surface area (TPSA) is 39.2 Å². The van der Waals surface area contributed by atoms with E-state index in [4.69, 9.17) is 4.74 Å². The van der Waals surface area contributed by atoms with Gasteiger partial charge in [0.15, 0.2) is 0 Å². The lowest BCUT2D eigenvalue weighted by Gasteiger charge is -2.09. The Morgan fingerprint density at radius 1 is 1.50 bits per heavy atom. The lowest BCUT2D eigenvalue weighted by Crippen LogP contribution is -2.09. The van der Waals surface area contributed by atoms with Crippen LogP contribution in [0.3, 0.4) is 0 Å². The molecule has 0 aromatic carbocycles. The summed E-state index contributed by atoms with van der Waals surface area (Å²) in [4.78, 5) is 15.1. The van der Waals surface area contributed by atoms with Gasteiger partial charge in [0.2, 0.25) is 5.88 Å². The van der Waals surface area contributed by atoms with E-state index in [1.54, 1.807) is 7.11 Å². The van der Waals surface area contributed by atoms with Gasteiger partial charge in [-0.15, -0.1) is 0 Å². The molecule has 0 N–H and O–H groups in total. The highest BCUT2D eigenvalue weighted by atomic mass is 16.5. The lowest BCUT2D eigenvalue weighted by molar-refractivity contribution is -0.109. The number of hydrogen-bond acceptors (Lipinski definition) is 3. The zero-order valence-corrected chi connectivity index (χ0v) is 8.41. The number of pyridine rings is 1. The molecule has 3 nitrogen and oxygen atoms in total. The summed E-state index contributed by atoms with van der Waals surface area (Å²) in [6, 6.07) is 3.82. The van der Waals surface area contributed by atoms with Gasteiger partial charge in [-0.1, -0.05) is 0 Å². The van der Waals surface area contributed by atoms with Crippen LogP contribution in [0.2, 0.25) is 0 Å². The Hall–Kier alpha value is -1.38. The monoisotopic (exact) mass is 191 g/mol. The van der Waals surface area contributed by atoms with Gasteiger partial charge >= 0.3 is 0 Å². The molecule has 1 aliphatic carbocycles. The number of carbonyl (C=O) groups is 1. The van der Waals surface area contributed by atoms with Gasteiger partial charge in [-0.25, -0.2) is 4.98 Å². The second-order valence-corrected chi connectivity index (χ2v) is 3.81. The number of nitrogens with zero attached hydrogens (tertiary/aromatic N) is 1. The molecule has 74 valence electrons. The Morgan fingerprint density at radius 2 is 2.21 bits per heavy atom. The molecular weight excluding hydrogens is 178 g/mol. The maximum absolute atomic E-state index is 10.9. The van der Waals surface area contributed by atoms with Crippen molar-refractivity contribution in [1.29, 1.82) is 0 Å². The maximum atomic E-state index is 10.9. The van der Waals surface area contributed by atoms with Crippen molar-refractivity contribution in [2.45, 2.75) is 25.2 Å². The first kappa shape index (κ1) is 9.19. The van der Waals surface area contributed by atoms with Gasteiger partial charge < -0.3 is 9.53 Å². The number of ether oxygens (including phenoxy) is 1. The van der Waals surface area contributed by atoms with Crippen molar-refractivity contribution in [3.05, 3.63) is 23.4 Å². The molecule has 0 radical (unpaired) electrons. The van der Waals surface area contributed by atoms with Gasteiger partial charge in [0.1, 0.15) is 6.29 Å². The number of methoxy groups -OCH3 is 1. The molecule has 0 bridgehead atoms. The molecule has 0 unspecified atom stereocenters. The summed E-state index contributed by atoms with van der Waals surface area (Å²) in [6.07, 6.45) is 2.94. The van der Waals surface area contributed by atoms with E-state index >= 15 is 0 Å². The Kier molecular flexibility index (Phi) is 2.02. The van der Waals surface area contributed by atoms with Gasteiger partial charge in [0.05, 0.1) is 12.5 Å². The Bertz CT molecular complexity index is 370. The van der Waals surface area contributed by atoms with Crippen molar-refractivity contribution >= 4 is 6.29 Å². The predicted molar refractivity (Wildman–Crippen MR) is 52.5 cm³/mol. The highest BCUT2D eigenvalue weighted by Crippen LogP contribution is 2.46. The summed E-state index contributed by atoms with van der Waals surface area (Å²) in [5.41, 5.74) is 1.70. The molecule has 1 aromatic rings. The SMILES string of the molecule is COc1cc(C2(C=O)CC2)cc(C)n1. The van der Waals surface area contributed by atoms with Crippen molar-refractivity contribution in [2.75, 3.05) is 7.11 Å². The summed E-state index contributed by atoms with van der Waals surface area (Å²) >= 11 is 0. The molecule has 0 saturated heterocycles. The van der Waals surface area contributed by atoms with E-state index in [-0.39, 0.29) is 5.41 Å². The third kappa shape index (κ3) is 1.39. The number of carbonyl (C=O) groups excluding carboxylic acids is 1. The third-order valence-electron chi connectivity index (χ3n) is 2.73. The Balaban J connectivity index is 2.43. The summed E-state index contributed by atoms with van der Waals surface area (Å²) in [5.74, 6) is 0.591. The van der Waals surface area contributed by atoms with Crippen LogP contribution in [0.1, 0.15) is 24.1 Å². The van der Waals surface area contributed by atoms with E-state index in [0.29, 0.717) is 5.88 Å². The second-order valence-electron chi connectivity index (χ2n) is 3.81. The minimum atomic E-state index is -0.235. The van der Waals surface area contributed by atoms with Crippen molar-refractivity contribution < 1.29 is 9.53 Å². The molecule has 1 saturated carbocycles. The molecule has 3 heteroatoms. The fourth-order valence-corrected chi connectivity index (χ4v) is 1.64. The molecule has 1 aliphatic rings. The minimum Gasteiger partial charge on any atom is -0.481 e. The number of aldehydes is 1. The third-order valence-corrected chi connectivity index (χ3v) is 2.73. The first-order valence-corrected chi connectivity index (χ1v) is 4.70. The predicted octanol–water partition coefficient (Wildman–Crippen LogP) is 1.63. The van der Waals surface area contributed by atoms with Gasteiger partial charge in [-0.2, -0.15) is 0 Å². The van der Waals surface area contributed by atoms with Crippen LogP contribution in [0.5, 0.6) is 5.88 Å². The van der Waals surface area contributed by atoms with E-state index in [1.807, 2.05) is 19.1 Å². The van der Waals surface area contributed by atoms with E-state index < -0.39 is 0 Å². The maximum Gasteiger partial charge on any atom is 0.213 e. The van der Waals surface area contributed by atoms with Crippen LogP contribution in [0.25, 0.3) is 0 Å². The first-order chi connectivity index (χ1) is 6.70. The minimum absolute atomic E-state index is 0.235. The Morgan fingerprint density at radius 3 is 2.71 bits per heavy atom. The number of hydrogen-bond donors (Lipinski definition) is 0. The zero-order valence-electron chi connectivity index (χ0n) is 8.41. The molecule has 1 heterocycles. The van der Waals surface area contributed by atoms with Crippen LogP contribution in [0.15, 0.2) is 12.1 Å². The molecule has 1 aromatic heterocycles.